The molecule has 0 bridgehead atoms. The quantitative estimate of drug-likeness (QED) is 0.783. The van der Waals surface area contributed by atoms with E-state index in [0.717, 1.165) is 18.6 Å². The Hall–Kier alpha value is -0.900. The van der Waals surface area contributed by atoms with E-state index in [4.69, 9.17) is 14.2 Å². The van der Waals surface area contributed by atoms with Crippen LogP contribution in [-0.2, 0) is 14.2 Å². The minimum atomic E-state index is -0.234. The molecule has 0 atom stereocenters. The summed E-state index contributed by atoms with van der Waals surface area (Å²) in [6.45, 7) is 4.09. The third-order valence-electron chi connectivity index (χ3n) is 2.50. The summed E-state index contributed by atoms with van der Waals surface area (Å²) in [5, 5.41) is 0. The molecule has 0 N–H and O–H groups in total. The largest absolute Gasteiger partial charge is 0.373 e. The van der Waals surface area contributed by atoms with Gasteiger partial charge < -0.3 is 14.2 Å². The van der Waals surface area contributed by atoms with Crippen LogP contribution in [0.15, 0.2) is 30.3 Å². The number of ether oxygens (including phenoxy) is 3. The van der Waals surface area contributed by atoms with E-state index in [1.165, 1.54) is 0 Å². The molecule has 3 nitrogen and oxygen atoms in total. The van der Waals surface area contributed by atoms with E-state index in [9.17, 15) is 0 Å². The van der Waals surface area contributed by atoms with Gasteiger partial charge >= 0.3 is 0 Å². The summed E-state index contributed by atoms with van der Waals surface area (Å²) < 4.78 is 16.8. The van der Waals surface area contributed by atoms with Gasteiger partial charge in [-0.15, -0.1) is 0 Å². The second kappa shape index (κ2) is 5.99. The third-order valence-corrected chi connectivity index (χ3v) is 2.50. The van der Waals surface area contributed by atoms with E-state index in [1.807, 2.05) is 30.3 Å². The van der Waals surface area contributed by atoms with E-state index < -0.39 is 0 Å². The Morgan fingerprint density at radius 2 is 1.88 bits per heavy atom. The number of rotatable bonds is 4. The number of hydrogen-bond donors (Lipinski definition) is 0. The number of benzene rings is 1. The lowest BCUT2D eigenvalue weighted by molar-refractivity contribution is -0.230. The second-order valence-electron chi connectivity index (χ2n) is 3.90. The zero-order valence-corrected chi connectivity index (χ0v) is 9.59. The number of hydrogen-bond acceptors (Lipinski definition) is 3. The lowest BCUT2D eigenvalue weighted by atomic mass is 10.2. The Bertz CT molecular complexity index is 291. The maximum Gasteiger partial charge on any atom is 0.184 e. The highest BCUT2D eigenvalue weighted by Gasteiger charge is 2.23. The highest BCUT2D eigenvalue weighted by molar-refractivity contribution is 5.16. The average Bonchev–Trinajstić information content (AvgIpc) is 2.38. The molecular weight excluding hydrogens is 204 g/mol. The fourth-order valence-electron chi connectivity index (χ4n) is 1.67. The standard InChI is InChI=1S/C13H18O3/c1-2-8-14-12-9-15-13(16-10-12)11-6-4-3-5-7-11/h3-7,12-13H,2,8-10H2,1H3. The molecule has 0 unspecified atom stereocenters. The van der Waals surface area contributed by atoms with Gasteiger partial charge in [-0.05, 0) is 6.42 Å². The molecule has 0 aliphatic carbocycles. The van der Waals surface area contributed by atoms with Crippen molar-refractivity contribution in [1.29, 1.82) is 0 Å². The van der Waals surface area contributed by atoms with Crippen molar-refractivity contribution in [2.24, 2.45) is 0 Å². The normalized spacial score (nSPS) is 25.6. The second-order valence-corrected chi connectivity index (χ2v) is 3.90. The van der Waals surface area contributed by atoms with Crippen LogP contribution in [-0.4, -0.2) is 25.9 Å². The Kier molecular flexibility index (Phi) is 4.34. The van der Waals surface area contributed by atoms with E-state index in [-0.39, 0.29) is 12.4 Å². The molecule has 2 rings (SSSR count). The molecule has 0 amide bonds. The van der Waals surface area contributed by atoms with Crippen molar-refractivity contribution >= 4 is 0 Å². The SMILES string of the molecule is CCCOC1COC(c2ccccc2)OC1. The summed E-state index contributed by atoms with van der Waals surface area (Å²) in [5.41, 5.74) is 1.07. The molecule has 1 aliphatic heterocycles. The lowest BCUT2D eigenvalue weighted by Gasteiger charge is -2.29. The monoisotopic (exact) mass is 222 g/mol. The molecular formula is C13H18O3. The Morgan fingerprint density at radius 1 is 1.19 bits per heavy atom. The molecule has 1 aromatic carbocycles. The Balaban J connectivity index is 1.81. The summed E-state index contributed by atoms with van der Waals surface area (Å²) in [6, 6.07) is 9.98. The van der Waals surface area contributed by atoms with Crippen molar-refractivity contribution in [2.45, 2.75) is 25.7 Å². The van der Waals surface area contributed by atoms with Crippen molar-refractivity contribution < 1.29 is 14.2 Å². The predicted octanol–water partition coefficient (Wildman–Crippen LogP) is 2.53. The van der Waals surface area contributed by atoms with Gasteiger partial charge in [-0.3, -0.25) is 0 Å². The maximum absolute atomic E-state index is 5.63. The van der Waals surface area contributed by atoms with Gasteiger partial charge in [-0.1, -0.05) is 37.3 Å². The highest BCUT2D eigenvalue weighted by Crippen LogP contribution is 2.23. The first-order valence-electron chi connectivity index (χ1n) is 5.80. The first kappa shape index (κ1) is 11.6. The van der Waals surface area contributed by atoms with Crippen LogP contribution in [0.5, 0.6) is 0 Å². The molecule has 1 aromatic rings. The Morgan fingerprint density at radius 3 is 2.50 bits per heavy atom. The van der Waals surface area contributed by atoms with E-state index in [1.54, 1.807) is 0 Å². The molecule has 3 heteroatoms. The van der Waals surface area contributed by atoms with Crippen LogP contribution in [0.25, 0.3) is 0 Å². The smallest absolute Gasteiger partial charge is 0.184 e. The van der Waals surface area contributed by atoms with Crippen LogP contribution in [0.1, 0.15) is 25.2 Å². The van der Waals surface area contributed by atoms with Crippen molar-refractivity contribution in [1.82, 2.24) is 0 Å². The fourth-order valence-corrected chi connectivity index (χ4v) is 1.67. The molecule has 0 aromatic heterocycles. The molecule has 0 spiro atoms. The van der Waals surface area contributed by atoms with E-state index in [0.29, 0.717) is 13.2 Å². The van der Waals surface area contributed by atoms with Crippen LogP contribution in [0.2, 0.25) is 0 Å². The first-order chi connectivity index (χ1) is 7.90. The summed E-state index contributed by atoms with van der Waals surface area (Å²) in [6.07, 6.45) is 0.876. The van der Waals surface area contributed by atoms with E-state index in [2.05, 4.69) is 6.92 Å². The molecule has 1 heterocycles. The maximum atomic E-state index is 5.63. The third kappa shape index (κ3) is 3.04. The zero-order chi connectivity index (χ0) is 11.2. The predicted molar refractivity (Wildman–Crippen MR) is 61.1 cm³/mol. The van der Waals surface area contributed by atoms with Gasteiger partial charge in [0.2, 0.25) is 0 Å². The van der Waals surface area contributed by atoms with Crippen LogP contribution in [0.3, 0.4) is 0 Å². The van der Waals surface area contributed by atoms with Crippen molar-refractivity contribution in [3.05, 3.63) is 35.9 Å². The van der Waals surface area contributed by atoms with Gasteiger partial charge in [-0.2, -0.15) is 0 Å². The zero-order valence-electron chi connectivity index (χ0n) is 9.59. The molecule has 0 saturated carbocycles. The van der Waals surface area contributed by atoms with Crippen molar-refractivity contribution in [3.63, 3.8) is 0 Å². The van der Waals surface area contributed by atoms with Crippen molar-refractivity contribution in [2.75, 3.05) is 19.8 Å². The highest BCUT2D eigenvalue weighted by atomic mass is 16.7. The molecule has 16 heavy (non-hydrogen) atoms. The molecule has 88 valence electrons. The minimum Gasteiger partial charge on any atom is -0.373 e. The van der Waals surface area contributed by atoms with Crippen LogP contribution in [0.4, 0.5) is 0 Å². The van der Waals surface area contributed by atoms with Gasteiger partial charge in [0.05, 0.1) is 13.2 Å². The van der Waals surface area contributed by atoms with Gasteiger partial charge in [0.1, 0.15) is 6.10 Å². The fraction of sp³-hybridized carbons (Fsp3) is 0.538. The first-order valence-corrected chi connectivity index (χ1v) is 5.80. The van der Waals surface area contributed by atoms with Crippen LogP contribution >= 0.6 is 0 Å². The molecule has 1 aliphatic rings. The van der Waals surface area contributed by atoms with Gasteiger partial charge in [0.25, 0.3) is 0 Å². The average molecular weight is 222 g/mol. The van der Waals surface area contributed by atoms with Gasteiger partial charge in [-0.25, -0.2) is 0 Å². The summed E-state index contributed by atoms with van der Waals surface area (Å²) in [7, 11) is 0. The summed E-state index contributed by atoms with van der Waals surface area (Å²) in [4.78, 5) is 0. The summed E-state index contributed by atoms with van der Waals surface area (Å²) in [5.74, 6) is 0. The minimum absolute atomic E-state index is 0.0833. The topological polar surface area (TPSA) is 27.7 Å². The van der Waals surface area contributed by atoms with Crippen molar-refractivity contribution in [3.8, 4) is 0 Å². The van der Waals surface area contributed by atoms with Crippen LogP contribution in [0, 0.1) is 0 Å². The molecule has 1 saturated heterocycles. The van der Waals surface area contributed by atoms with E-state index >= 15 is 0 Å². The molecule has 0 radical (unpaired) electrons. The molecule has 1 fully saturated rings. The lowest BCUT2D eigenvalue weighted by Crippen LogP contribution is -2.33. The van der Waals surface area contributed by atoms with Gasteiger partial charge in [0, 0.05) is 12.2 Å². The van der Waals surface area contributed by atoms with Crippen LogP contribution < -0.4 is 0 Å². The van der Waals surface area contributed by atoms with Gasteiger partial charge in [0.15, 0.2) is 6.29 Å². The Labute approximate surface area is 96.3 Å². The summed E-state index contributed by atoms with van der Waals surface area (Å²) >= 11 is 0.